The van der Waals surface area contributed by atoms with E-state index >= 15 is 0 Å². The number of nitrogen functional groups attached to an aromatic ring is 1. The molecule has 130 valence electrons. The van der Waals surface area contributed by atoms with Gasteiger partial charge in [-0.05, 0) is 36.8 Å². The summed E-state index contributed by atoms with van der Waals surface area (Å²) in [5, 5.41) is 10.8. The molecule has 26 heavy (non-hydrogen) atoms. The maximum atomic E-state index is 13.8. The minimum atomic E-state index is -0.314. The van der Waals surface area contributed by atoms with E-state index < -0.39 is 0 Å². The van der Waals surface area contributed by atoms with Crippen LogP contribution in [0, 0.1) is 12.7 Å². The fourth-order valence-corrected chi connectivity index (χ4v) is 3.57. The third-order valence-electron chi connectivity index (χ3n) is 3.95. The zero-order chi connectivity index (χ0) is 18.3. The number of nitrogens with two attached hydrogens (primary N) is 1. The van der Waals surface area contributed by atoms with Crippen molar-refractivity contribution >= 4 is 33.1 Å². The molecule has 8 heteroatoms. The van der Waals surface area contributed by atoms with Gasteiger partial charge < -0.3 is 5.73 Å². The molecule has 0 aliphatic heterocycles. The predicted molar refractivity (Wildman–Crippen MR) is 105 cm³/mol. The molecule has 0 atom stereocenters. The molecule has 2 N–H and O–H groups in total. The molecule has 0 amide bonds. The van der Waals surface area contributed by atoms with E-state index in [2.05, 4.69) is 31.2 Å². The SMILES string of the molecule is Cc1ccc(-n2nnc(-c3nc(-c4ccc(Br)cc4)cs3)c2N)cc1F. The highest BCUT2D eigenvalue weighted by Gasteiger charge is 2.17. The number of aromatic nitrogens is 4. The second-order valence-electron chi connectivity index (χ2n) is 5.71. The summed E-state index contributed by atoms with van der Waals surface area (Å²) < 4.78 is 16.3. The second kappa shape index (κ2) is 6.62. The molecule has 5 nitrogen and oxygen atoms in total. The Morgan fingerprint density at radius 3 is 2.65 bits per heavy atom. The first-order valence-corrected chi connectivity index (χ1v) is 9.40. The number of anilines is 1. The van der Waals surface area contributed by atoms with Crippen molar-refractivity contribution in [3.05, 3.63) is 63.7 Å². The summed E-state index contributed by atoms with van der Waals surface area (Å²) in [6.45, 7) is 1.70. The molecular weight excluding hydrogens is 417 g/mol. The number of thiazole rings is 1. The van der Waals surface area contributed by atoms with Crippen LogP contribution in [0.3, 0.4) is 0 Å². The first-order chi connectivity index (χ1) is 12.5. The van der Waals surface area contributed by atoms with Gasteiger partial charge in [0.05, 0.1) is 11.4 Å². The van der Waals surface area contributed by atoms with E-state index in [4.69, 9.17) is 5.73 Å². The molecule has 0 radical (unpaired) electrons. The van der Waals surface area contributed by atoms with Crippen molar-refractivity contribution in [3.63, 3.8) is 0 Å². The summed E-state index contributed by atoms with van der Waals surface area (Å²) in [4.78, 5) is 4.61. The lowest BCUT2D eigenvalue weighted by Crippen LogP contribution is -2.03. The summed E-state index contributed by atoms with van der Waals surface area (Å²) in [5.74, 6) is 0.00989. The van der Waals surface area contributed by atoms with Crippen molar-refractivity contribution < 1.29 is 4.39 Å². The minimum Gasteiger partial charge on any atom is -0.382 e. The normalized spacial score (nSPS) is 11.0. The number of halogens is 2. The van der Waals surface area contributed by atoms with Gasteiger partial charge in [0.15, 0.2) is 11.5 Å². The first-order valence-electron chi connectivity index (χ1n) is 7.72. The van der Waals surface area contributed by atoms with Gasteiger partial charge in [0.1, 0.15) is 10.8 Å². The Morgan fingerprint density at radius 1 is 1.15 bits per heavy atom. The van der Waals surface area contributed by atoms with Crippen LogP contribution in [0.4, 0.5) is 10.2 Å². The Morgan fingerprint density at radius 2 is 1.92 bits per heavy atom. The summed E-state index contributed by atoms with van der Waals surface area (Å²) in [7, 11) is 0. The average Bonchev–Trinajstić information content (AvgIpc) is 3.25. The van der Waals surface area contributed by atoms with E-state index in [1.54, 1.807) is 19.1 Å². The van der Waals surface area contributed by atoms with Crippen LogP contribution in [0.1, 0.15) is 5.56 Å². The van der Waals surface area contributed by atoms with Crippen LogP contribution < -0.4 is 5.73 Å². The number of benzene rings is 2. The van der Waals surface area contributed by atoms with Crippen LogP contribution >= 0.6 is 27.3 Å². The molecule has 2 aromatic heterocycles. The molecule has 2 heterocycles. The van der Waals surface area contributed by atoms with E-state index in [0.717, 1.165) is 15.7 Å². The quantitative estimate of drug-likeness (QED) is 0.505. The number of nitrogens with zero attached hydrogens (tertiary/aromatic N) is 4. The fourth-order valence-electron chi connectivity index (χ4n) is 2.48. The van der Waals surface area contributed by atoms with E-state index in [1.807, 2.05) is 29.6 Å². The maximum Gasteiger partial charge on any atom is 0.165 e. The average molecular weight is 430 g/mol. The molecule has 0 bridgehead atoms. The highest BCUT2D eigenvalue weighted by Crippen LogP contribution is 2.32. The van der Waals surface area contributed by atoms with E-state index in [0.29, 0.717) is 27.8 Å². The maximum absolute atomic E-state index is 13.8. The second-order valence-corrected chi connectivity index (χ2v) is 7.49. The highest BCUT2D eigenvalue weighted by molar-refractivity contribution is 9.10. The van der Waals surface area contributed by atoms with Crippen LogP contribution in [0.5, 0.6) is 0 Å². The van der Waals surface area contributed by atoms with Crippen LogP contribution in [-0.4, -0.2) is 20.0 Å². The zero-order valence-electron chi connectivity index (χ0n) is 13.6. The number of hydrogen-bond donors (Lipinski definition) is 1. The Balaban J connectivity index is 1.70. The van der Waals surface area contributed by atoms with Gasteiger partial charge in [-0.3, -0.25) is 0 Å². The molecular formula is C18H13BrFN5S. The molecule has 4 rings (SSSR count). The van der Waals surface area contributed by atoms with Crippen molar-refractivity contribution in [1.29, 1.82) is 0 Å². The molecule has 0 aliphatic rings. The lowest BCUT2D eigenvalue weighted by Gasteiger charge is -2.04. The standard InChI is InChI=1S/C18H13BrFN5S/c1-10-2-7-13(8-14(10)20)25-17(21)16(23-24-25)18-22-15(9-26-18)11-3-5-12(19)6-4-11/h2-9H,21H2,1H3. The van der Waals surface area contributed by atoms with Crippen molar-refractivity contribution in [1.82, 2.24) is 20.0 Å². The predicted octanol–water partition coefficient (Wildman–Crippen LogP) is 4.85. The van der Waals surface area contributed by atoms with Gasteiger partial charge in [0, 0.05) is 15.4 Å². The van der Waals surface area contributed by atoms with Gasteiger partial charge >= 0.3 is 0 Å². The lowest BCUT2D eigenvalue weighted by atomic mass is 10.2. The van der Waals surface area contributed by atoms with Crippen molar-refractivity contribution in [2.45, 2.75) is 6.92 Å². The van der Waals surface area contributed by atoms with Crippen molar-refractivity contribution in [2.75, 3.05) is 5.73 Å². The van der Waals surface area contributed by atoms with E-state index in [1.165, 1.54) is 22.1 Å². The molecule has 0 saturated carbocycles. The fraction of sp³-hybridized carbons (Fsp3) is 0.0556. The Bertz CT molecular complexity index is 1090. The summed E-state index contributed by atoms with van der Waals surface area (Å²) in [6, 6.07) is 12.7. The minimum absolute atomic E-state index is 0.314. The van der Waals surface area contributed by atoms with Gasteiger partial charge in [0.2, 0.25) is 0 Å². The largest absolute Gasteiger partial charge is 0.382 e. The van der Waals surface area contributed by atoms with Crippen LogP contribution in [0.15, 0.2) is 52.3 Å². The van der Waals surface area contributed by atoms with Crippen molar-refractivity contribution in [2.24, 2.45) is 0 Å². The van der Waals surface area contributed by atoms with Gasteiger partial charge in [0.25, 0.3) is 0 Å². The topological polar surface area (TPSA) is 69.6 Å². The van der Waals surface area contributed by atoms with E-state index in [9.17, 15) is 4.39 Å². The van der Waals surface area contributed by atoms with Crippen LogP contribution in [0.25, 0.3) is 27.6 Å². The molecule has 0 unspecified atom stereocenters. The van der Waals surface area contributed by atoms with E-state index in [-0.39, 0.29) is 5.82 Å². The van der Waals surface area contributed by atoms with Crippen LogP contribution in [0.2, 0.25) is 0 Å². The number of hydrogen-bond acceptors (Lipinski definition) is 5. The van der Waals surface area contributed by atoms with Gasteiger partial charge in [-0.15, -0.1) is 16.4 Å². The Kier molecular flexibility index (Phi) is 4.29. The number of aryl methyl sites for hydroxylation is 1. The monoisotopic (exact) mass is 429 g/mol. The first kappa shape index (κ1) is 16.9. The molecule has 2 aromatic carbocycles. The highest BCUT2D eigenvalue weighted by atomic mass is 79.9. The summed E-state index contributed by atoms with van der Waals surface area (Å²) in [6.07, 6.45) is 0. The third kappa shape index (κ3) is 3.02. The Hall–Kier alpha value is -2.58. The smallest absolute Gasteiger partial charge is 0.165 e. The molecule has 0 spiro atoms. The lowest BCUT2D eigenvalue weighted by molar-refractivity contribution is 0.616. The molecule has 0 fully saturated rings. The van der Waals surface area contributed by atoms with Gasteiger partial charge in [-0.2, -0.15) is 4.68 Å². The number of rotatable bonds is 3. The summed E-state index contributed by atoms with van der Waals surface area (Å²) in [5.41, 5.74) is 9.61. The summed E-state index contributed by atoms with van der Waals surface area (Å²) >= 11 is 4.86. The molecule has 0 saturated heterocycles. The van der Waals surface area contributed by atoms with Crippen molar-refractivity contribution in [3.8, 4) is 27.6 Å². The van der Waals surface area contributed by atoms with Gasteiger partial charge in [-0.1, -0.05) is 39.3 Å². The molecule has 4 aromatic rings. The Labute approximate surface area is 161 Å². The zero-order valence-corrected chi connectivity index (χ0v) is 16.1. The molecule has 0 aliphatic carbocycles. The van der Waals surface area contributed by atoms with Gasteiger partial charge in [-0.25, -0.2) is 9.37 Å². The van der Waals surface area contributed by atoms with Crippen LogP contribution in [-0.2, 0) is 0 Å². The third-order valence-corrected chi connectivity index (χ3v) is 5.33.